The molecule has 0 saturated carbocycles. The van der Waals surface area contributed by atoms with Gasteiger partial charge in [0.2, 0.25) is 15.6 Å². The molecular weight excluding hydrogens is 384 g/mol. The minimum Gasteiger partial charge on any atom is -0.497 e. The van der Waals surface area contributed by atoms with E-state index in [0.29, 0.717) is 11.3 Å². The monoisotopic (exact) mass is 406 g/mol. The molecule has 0 heterocycles. The van der Waals surface area contributed by atoms with Crippen LogP contribution in [0.25, 0.3) is 6.08 Å². The summed E-state index contributed by atoms with van der Waals surface area (Å²) in [6, 6.07) is 20.2. The number of sulfone groups is 1. The average Bonchev–Trinajstić information content (AvgIpc) is 2.73. The molecule has 0 atom stereocenters. The Balaban J connectivity index is 2.13. The zero-order valence-corrected chi connectivity index (χ0v) is 17.4. The van der Waals surface area contributed by atoms with Crippen LogP contribution in [0, 0.1) is 13.8 Å². The van der Waals surface area contributed by atoms with Crippen LogP contribution in [0.2, 0.25) is 0 Å². The Morgan fingerprint density at radius 2 is 1.31 bits per heavy atom. The van der Waals surface area contributed by atoms with Crippen LogP contribution >= 0.6 is 0 Å². The molecule has 0 radical (unpaired) electrons. The van der Waals surface area contributed by atoms with Gasteiger partial charge in [-0.25, -0.2) is 8.42 Å². The lowest BCUT2D eigenvalue weighted by atomic mass is 10.1. The fourth-order valence-corrected chi connectivity index (χ4v) is 4.21. The number of aryl methyl sites for hydroxylation is 2. The van der Waals surface area contributed by atoms with Gasteiger partial charge in [0, 0.05) is 5.56 Å². The van der Waals surface area contributed by atoms with E-state index in [1.165, 1.54) is 25.3 Å². The minimum atomic E-state index is -4.01. The van der Waals surface area contributed by atoms with Gasteiger partial charge in [0.05, 0.1) is 12.0 Å². The van der Waals surface area contributed by atoms with E-state index in [2.05, 4.69) is 0 Å². The summed E-state index contributed by atoms with van der Waals surface area (Å²) < 4.78 is 31.8. The number of allylic oxidation sites excluding steroid dienone is 1. The lowest BCUT2D eigenvalue weighted by Gasteiger charge is -2.10. The highest BCUT2D eigenvalue weighted by atomic mass is 32.2. The number of benzene rings is 3. The van der Waals surface area contributed by atoms with E-state index in [4.69, 9.17) is 4.74 Å². The Bertz CT molecular complexity index is 1140. The van der Waals surface area contributed by atoms with Crippen LogP contribution in [-0.4, -0.2) is 21.3 Å². The van der Waals surface area contributed by atoms with Crippen LogP contribution in [0.3, 0.4) is 0 Å². The third-order valence-corrected chi connectivity index (χ3v) is 6.35. The third-order valence-electron chi connectivity index (χ3n) is 4.57. The molecule has 0 saturated heterocycles. The van der Waals surface area contributed by atoms with Crippen molar-refractivity contribution in [2.45, 2.75) is 18.7 Å². The summed E-state index contributed by atoms with van der Waals surface area (Å²) in [5, 5.41) is 0. The number of ether oxygens (including phenoxy) is 1. The van der Waals surface area contributed by atoms with Gasteiger partial charge in [-0.2, -0.15) is 0 Å². The molecule has 0 unspecified atom stereocenters. The Labute approximate surface area is 171 Å². The molecule has 29 heavy (non-hydrogen) atoms. The Kier molecular flexibility index (Phi) is 5.99. The van der Waals surface area contributed by atoms with Gasteiger partial charge in [-0.05, 0) is 61.9 Å². The number of carbonyl (C=O) groups excluding carboxylic acids is 1. The molecule has 5 heteroatoms. The highest BCUT2D eigenvalue weighted by Gasteiger charge is 2.28. The summed E-state index contributed by atoms with van der Waals surface area (Å²) in [4.78, 5) is 13.0. The van der Waals surface area contributed by atoms with E-state index in [1.54, 1.807) is 48.5 Å². The maximum Gasteiger partial charge on any atom is 0.210 e. The van der Waals surface area contributed by atoms with Crippen molar-refractivity contribution in [2.24, 2.45) is 0 Å². The van der Waals surface area contributed by atoms with Crippen LogP contribution in [-0.2, 0) is 9.84 Å². The van der Waals surface area contributed by atoms with Gasteiger partial charge in [0.25, 0.3) is 0 Å². The quantitative estimate of drug-likeness (QED) is 0.426. The summed E-state index contributed by atoms with van der Waals surface area (Å²) in [6.45, 7) is 3.82. The number of carbonyl (C=O) groups is 1. The van der Waals surface area contributed by atoms with Gasteiger partial charge in [0.15, 0.2) is 0 Å². The van der Waals surface area contributed by atoms with E-state index < -0.39 is 15.6 Å². The largest absolute Gasteiger partial charge is 0.497 e. The molecule has 0 aliphatic rings. The number of ketones is 1. The number of Topliss-reactive ketones (excluding diaryl/α,β-unsaturated/α-hetero) is 1. The van der Waals surface area contributed by atoms with Gasteiger partial charge >= 0.3 is 0 Å². The smallest absolute Gasteiger partial charge is 0.210 e. The summed E-state index contributed by atoms with van der Waals surface area (Å²) in [5.41, 5.74) is 2.91. The molecule has 0 fully saturated rings. The molecular formula is C24H22O4S. The average molecular weight is 407 g/mol. The Morgan fingerprint density at radius 3 is 1.83 bits per heavy atom. The maximum atomic E-state index is 13.3. The molecule has 0 N–H and O–H groups in total. The van der Waals surface area contributed by atoms with Gasteiger partial charge in [-0.1, -0.05) is 47.5 Å². The van der Waals surface area contributed by atoms with Crippen molar-refractivity contribution in [3.8, 4) is 5.75 Å². The van der Waals surface area contributed by atoms with Crippen LogP contribution in [0.5, 0.6) is 5.75 Å². The normalized spacial score (nSPS) is 11.9. The van der Waals surface area contributed by atoms with Gasteiger partial charge in [0.1, 0.15) is 10.7 Å². The topological polar surface area (TPSA) is 60.4 Å². The predicted octanol–water partition coefficient (Wildman–Crippen LogP) is 5.01. The molecule has 0 aliphatic carbocycles. The highest BCUT2D eigenvalue weighted by Crippen LogP contribution is 2.26. The molecule has 3 rings (SSSR count). The molecule has 0 bridgehead atoms. The van der Waals surface area contributed by atoms with Gasteiger partial charge in [-0.3, -0.25) is 4.79 Å². The van der Waals surface area contributed by atoms with Crippen molar-refractivity contribution in [2.75, 3.05) is 7.11 Å². The summed E-state index contributed by atoms with van der Waals surface area (Å²) in [5.74, 6) is 0.0285. The van der Waals surface area contributed by atoms with Crippen molar-refractivity contribution in [3.63, 3.8) is 0 Å². The van der Waals surface area contributed by atoms with E-state index in [0.717, 1.165) is 11.1 Å². The highest BCUT2D eigenvalue weighted by molar-refractivity contribution is 7.96. The Hall–Kier alpha value is -3.18. The summed E-state index contributed by atoms with van der Waals surface area (Å²) in [6.07, 6.45) is 1.43. The molecule has 3 aromatic rings. The lowest BCUT2D eigenvalue weighted by molar-refractivity contribution is 0.104. The standard InChI is InChI=1S/C24H22O4S/c1-17-4-8-19(9-5-17)16-23(24(25)20-10-12-21(28-3)13-11-20)29(26,27)22-14-6-18(2)7-15-22/h4-16H,1-3H3/b23-16+. The second kappa shape index (κ2) is 8.45. The lowest BCUT2D eigenvalue weighted by Crippen LogP contribution is -2.14. The van der Waals surface area contributed by atoms with Crippen molar-refractivity contribution >= 4 is 21.7 Å². The van der Waals surface area contributed by atoms with E-state index >= 15 is 0 Å². The van der Waals surface area contributed by atoms with Crippen molar-refractivity contribution < 1.29 is 17.9 Å². The molecule has 0 aromatic heterocycles. The fraction of sp³-hybridized carbons (Fsp3) is 0.125. The SMILES string of the molecule is COc1ccc(C(=O)/C(=C\c2ccc(C)cc2)S(=O)(=O)c2ccc(C)cc2)cc1. The summed E-state index contributed by atoms with van der Waals surface area (Å²) in [7, 11) is -2.48. The van der Waals surface area contributed by atoms with Crippen LogP contribution in [0.1, 0.15) is 27.0 Å². The molecule has 0 spiro atoms. The molecule has 0 amide bonds. The maximum absolute atomic E-state index is 13.3. The number of hydrogen-bond donors (Lipinski definition) is 0. The van der Waals surface area contributed by atoms with Crippen molar-refractivity contribution in [3.05, 3.63) is 100.0 Å². The first-order chi connectivity index (χ1) is 13.8. The number of rotatable bonds is 6. The van der Waals surface area contributed by atoms with E-state index in [1.807, 2.05) is 26.0 Å². The van der Waals surface area contributed by atoms with Crippen LogP contribution < -0.4 is 4.74 Å². The zero-order valence-electron chi connectivity index (χ0n) is 16.5. The Morgan fingerprint density at radius 1 is 0.793 bits per heavy atom. The first-order valence-corrected chi connectivity index (χ1v) is 10.6. The van der Waals surface area contributed by atoms with E-state index in [-0.39, 0.29) is 15.4 Å². The fourth-order valence-electron chi connectivity index (χ4n) is 2.81. The van der Waals surface area contributed by atoms with Crippen LogP contribution in [0.4, 0.5) is 0 Å². The number of hydrogen-bond acceptors (Lipinski definition) is 4. The predicted molar refractivity (Wildman–Crippen MR) is 115 cm³/mol. The van der Waals surface area contributed by atoms with Gasteiger partial charge in [-0.15, -0.1) is 0 Å². The second-order valence-electron chi connectivity index (χ2n) is 6.79. The first kappa shape index (κ1) is 20.6. The minimum absolute atomic E-state index is 0.0864. The number of methoxy groups -OCH3 is 1. The second-order valence-corrected chi connectivity index (χ2v) is 8.71. The molecule has 148 valence electrons. The molecule has 3 aromatic carbocycles. The zero-order chi connectivity index (χ0) is 21.0. The van der Waals surface area contributed by atoms with Crippen molar-refractivity contribution in [1.82, 2.24) is 0 Å². The molecule has 4 nitrogen and oxygen atoms in total. The van der Waals surface area contributed by atoms with Crippen molar-refractivity contribution in [1.29, 1.82) is 0 Å². The van der Waals surface area contributed by atoms with E-state index in [9.17, 15) is 13.2 Å². The first-order valence-electron chi connectivity index (χ1n) is 9.10. The molecule has 0 aliphatic heterocycles. The summed E-state index contributed by atoms with van der Waals surface area (Å²) >= 11 is 0. The van der Waals surface area contributed by atoms with Crippen LogP contribution in [0.15, 0.2) is 82.6 Å². The third kappa shape index (κ3) is 4.63. The van der Waals surface area contributed by atoms with Gasteiger partial charge < -0.3 is 4.74 Å².